The minimum absolute atomic E-state index is 0.0618. The highest BCUT2D eigenvalue weighted by molar-refractivity contribution is 7.99. The number of pyridine rings is 1. The lowest BCUT2D eigenvalue weighted by Gasteiger charge is -2.15. The lowest BCUT2D eigenvalue weighted by Crippen LogP contribution is -2.21. The first-order valence-electron chi connectivity index (χ1n) is 10.1. The molecule has 0 atom stereocenters. The molecule has 8 heteroatoms. The van der Waals surface area contributed by atoms with Gasteiger partial charge in [0.05, 0.1) is 10.7 Å². The fourth-order valence-corrected chi connectivity index (χ4v) is 4.74. The smallest absolute Gasteiger partial charge is 0.354 e. The summed E-state index contributed by atoms with van der Waals surface area (Å²) in [5.41, 5.74) is -0.00869. The van der Waals surface area contributed by atoms with Crippen LogP contribution in [0.1, 0.15) is 0 Å². The van der Waals surface area contributed by atoms with Gasteiger partial charge in [-0.3, -0.25) is 9.36 Å². The molecule has 0 fully saturated rings. The number of fused-ring (bicyclic) bond motifs is 1. The van der Waals surface area contributed by atoms with Crippen molar-refractivity contribution in [2.24, 2.45) is 0 Å². The largest absolute Gasteiger partial charge is 0.505 e. The Kier molecular flexibility index (Phi) is 5.73. The van der Waals surface area contributed by atoms with Gasteiger partial charge in [0.25, 0.3) is 5.56 Å². The highest BCUT2D eigenvalue weighted by Gasteiger charge is 2.22. The number of aromatic nitrogens is 1. The van der Waals surface area contributed by atoms with Crippen LogP contribution in [-0.4, -0.2) is 9.67 Å². The molecule has 0 spiro atoms. The predicted molar refractivity (Wildman–Crippen MR) is 131 cm³/mol. The molecule has 0 unspecified atom stereocenters. The van der Waals surface area contributed by atoms with E-state index in [-0.39, 0.29) is 15.9 Å². The Bertz CT molecular complexity index is 1650. The lowest BCUT2D eigenvalue weighted by atomic mass is 10.1. The Labute approximate surface area is 201 Å². The normalized spacial score (nSPS) is 11.1. The number of aromatic hydroxyl groups is 1. The van der Waals surface area contributed by atoms with E-state index in [0.717, 1.165) is 11.8 Å². The summed E-state index contributed by atoms with van der Waals surface area (Å²) in [6, 6.07) is 22.7. The first-order chi connectivity index (χ1) is 16.4. The molecule has 0 amide bonds. The molecule has 3 aromatic carbocycles. The maximum atomic E-state index is 13.7. The van der Waals surface area contributed by atoms with E-state index >= 15 is 0 Å². The Morgan fingerprint density at radius 3 is 2.29 bits per heavy atom. The third-order valence-electron chi connectivity index (χ3n) is 5.22. The van der Waals surface area contributed by atoms with Crippen LogP contribution in [0.5, 0.6) is 5.75 Å². The van der Waals surface area contributed by atoms with E-state index in [2.05, 4.69) is 0 Å². The van der Waals surface area contributed by atoms with Gasteiger partial charge in [-0.15, -0.1) is 0 Å². The van der Waals surface area contributed by atoms with Gasteiger partial charge in [0.1, 0.15) is 21.7 Å². The van der Waals surface area contributed by atoms with Crippen molar-refractivity contribution in [3.8, 4) is 22.7 Å². The second-order valence-corrected chi connectivity index (χ2v) is 8.81. The molecule has 0 aliphatic rings. The van der Waals surface area contributed by atoms with Crippen LogP contribution in [0, 0.1) is 5.82 Å². The molecule has 0 radical (unpaired) electrons. The molecular formula is C26H15ClFNO4S. The fraction of sp³-hybridized carbons (Fsp3) is 0. The van der Waals surface area contributed by atoms with Crippen molar-refractivity contribution in [1.29, 1.82) is 0 Å². The summed E-state index contributed by atoms with van der Waals surface area (Å²) < 4.78 is 20.4. The second kappa shape index (κ2) is 8.85. The molecule has 0 bridgehead atoms. The van der Waals surface area contributed by atoms with Crippen LogP contribution in [0.4, 0.5) is 4.39 Å². The minimum atomic E-state index is -0.798. The molecule has 0 aliphatic carbocycles. The highest BCUT2D eigenvalue weighted by atomic mass is 35.5. The van der Waals surface area contributed by atoms with E-state index in [0.29, 0.717) is 26.9 Å². The van der Waals surface area contributed by atoms with Crippen LogP contribution in [0.15, 0.2) is 109 Å². The van der Waals surface area contributed by atoms with Gasteiger partial charge < -0.3 is 9.52 Å². The van der Waals surface area contributed by atoms with E-state index in [4.69, 9.17) is 16.0 Å². The van der Waals surface area contributed by atoms with Crippen molar-refractivity contribution >= 4 is 34.3 Å². The molecule has 5 rings (SSSR count). The zero-order chi connectivity index (χ0) is 23.8. The fourth-order valence-electron chi connectivity index (χ4n) is 3.64. The first kappa shape index (κ1) is 22.0. The summed E-state index contributed by atoms with van der Waals surface area (Å²) in [5, 5.41) is 11.3. The Morgan fingerprint density at radius 1 is 0.912 bits per heavy atom. The summed E-state index contributed by atoms with van der Waals surface area (Å²) in [6.07, 6.45) is 0. The molecule has 5 nitrogen and oxygen atoms in total. The van der Waals surface area contributed by atoms with Gasteiger partial charge in [-0.25, -0.2) is 9.18 Å². The van der Waals surface area contributed by atoms with Gasteiger partial charge in [-0.2, -0.15) is 0 Å². The number of benzene rings is 3. The van der Waals surface area contributed by atoms with Crippen molar-refractivity contribution in [2.45, 2.75) is 9.79 Å². The maximum absolute atomic E-state index is 13.7. The van der Waals surface area contributed by atoms with Gasteiger partial charge in [-0.1, -0.05) is 65.8 Å². The van der Waals surface area contributed by atoms with Crippen LogP contribution in [0.3, 0.4) is 0 Å². The predicted octanol–water partition coefficient (Wildman–Crippen LogP) is 6.26. The monoisotopic (exact) mass is 491 g/mol. The average Bonchev–Trinajstić information content (AvgIpc) is 2.84. The summed E-state index contributed by atoms with van der Waals surface area (Å²) in [7, 11) is 0. The van der Waals surface area contributed by atoms with E-state index in [1.54, 1.807) is 48.5 Å². The number of halogens is 2. The lowest BCUT2D eigenvalue weighted by molar-refractivity contribution is 0.446. The molecule has 0 saturated heterocycles. The van der Waals surface area contributed by atoms with Gasteiger partial charge in [0, 0.05) is 16.6 Å². The number of hydrogen-bond acceptors (Lipinski definition) is 5. The second-order valence-electron chi connectivity index (χ2n) is 7.35. The van der Waals surface area contributed by atoms with E-state index in [1.807, 2.05) is 6.07 Å². The summed E-state index contributed by atoms with van der Waals surface area (Å²) in [6.45, 7) is 0. The van der Waals surface area contributed by atoms with E-state index in [9.17, 15) is 19.1 Å². The number of nitrogens with zero attached hydrogens (tertiary/aromatic N) is 1. The Morgan fingerprint density at radius 2 is 1.59 bits per heavy atom. The quantitative estimate of drug-likeness (QED) is 0.321. The van der Waals surface area contributed by atoms with Crippen LogP contribution < -0.4 is 11.2 Å². The third-order valence-corrected chi connectivity index (χ3v) is 6.80. The molecule has 0 saturated carbocycles. The van der Waals surface area contributed by atoms with Crippen molar-refractivity contribution < 1.29 is 13.9 Å². The van der Waals surface area contributed by atoms with E-state index < -0.39 is 22.8 Å². The van der Waals surface area contributed by atoms with Crippen LogP contribution in [-0.2, 0) is 0 Å². The summed E-state index contributed by atoms with van der Waals surface area (Å²) in [4.78, 5) is 26.9. The van der Waals surface area contributed by atoms with Gasteiger partial charge >= 0.3 is 5.63 Å². The number of rotatable bonds is 4. The van der Waals surface area contributed by atoms with Gasteiger partial charge in [-0.05, 0) is 42.0 Å². The van der Waals surface area contributed by atoms with Crippen molar-refractivity contribution in [2.75, 3.05) is 0 Å². The molecule has 168 valence electrons. The summed E-state index contributed by atoms with van der Waals surface area (Å²) in [5.74, 6) is -0.956. The van der Waals surface area contributed by atoms with Crippen LogP contribution in [0.2, 0.25) is 5.02 Å². The zero-order valence-corrected chi connectivity index (χ0v) is 18.9. The maximum Gasteiger partial charge on any atom is 0.354 e. The molecule has 34 heavy (non-hydrogen) atoms. The zero-order valence-electron chi connectivity index (χ0n) is 17.4. The standard InChI is InChI=1S/C26H15ClFNO4S/c27-18-8-4-5-9-21(18)34-24-23(30)22-20(33-26(24)32)14-19(15-6-2-1-3-7-15)29(25(22)31)17-12-10-16(28)11-13-17/h1-14,30H. The SMILES string of the molecule is O=c1oc2cc(-c3ccccc3)n(-c3ccc(F)cc3)c(=O)c2c(O)c1Sc1ccccc1Cl. The highest BCUT2D eigenvalue weighted by Crippen LogP contribution is 2.39. The van der Waals surface area contributed by atoms with Gasteiger partial charge in [0.15, 0.2) is 5.75 Å². The van der Waals surface area contributed by atoms with Gasteiger partial charge in [0.2, 0.25) is 0 Å². The summed E-state index contributed by atoms with van der Waals surface area (Å²) >= 11 is 7.11. The average molecular weight is 492 g/mol. The van der Waals surface area contributed by atoms with E-state index in [1.165, 1.54) is 34.9 Å². The Balaban J connectivity index is 1.82. The number of hydrogen-bond donors (Lipinski definition) is 1. The Hall–Kier alpha value is -3.81. The molecule has 2 aromatic heterocycles. The van der Waals surface area contributed by atoms with Crippen molar-refractivity contribution in [1.82, 2.24) is 4.57 Å². The molecule has 0 aliphatic heterocycles. The molecule has 2 heterocycles. The van der Waals surface area contributed by atoms with Crippen LogP contribution in [0.25, 0.3) is 27.9 Å². The molecular weight excluding hydrogens is 477 g/mol. The third kappa shape index (κ3) is 3.89. The topological polar surface area (TPSA) is 72.4 Å². The van der Waals surface area contributed by atoms with Crippen molar-refractivity contribution in [3.05, 3.63) is 117 Å². The van der Waals surface area contributed by atoms with Crippen LogP contribution >= 0.6 is 23.4 Å². The molecule has 1 N–H and O–H groups in total. The molecule has 5 aromatic rings. The van der Waals surface area contributed by atoms with Crippen molar-refractivity contribution in [3.63, 3.8) is 0 Å². The minimum Gasteiger partial charge on any atom is -0.505 e. The first-order valence-corrected chi connectivity index (χ1v) is 11.3.